The second kappa shape index (κ2) is 7.00. The number of hydrogen-bond acceptors (Lipinski definition) is 3. The third-order valence-corrected chi connectivity index (χ3v) is 2.87. The maximum atomic E-state index is 13.0. The zero-order chi connectivity index (χ0) is 16.1. The van der Waals surface area contributed by atoms with Gasteiger partial charge >= 0.3 is 5.97 Å². The van der Waals surface area contributed by atoms with Gasteiger partial charge in [-0.2, -0.15) is 0 Å². The summed E-state index contributed by atoms with van der Waals surface area (Å²) in [5.41, 5.74) is 0.302. The smallest absolute Gasteiger partial charge is 0.338 e. The van der Waals surface area contributed by atoms with Gasteiger partial charge in [-0.3, -0.25) is 4.79 Å². The van der Waals surface area contributed by atoms with Gasteiger partial charge in [-0.05, 0) is 42.5 Å². The van der Waals surface area contributed by atoms with Crippen molar-refractivity contribution >= 4 is 29.2 Å². The number of carbonyl (C=O) groups excluding carboxylic acids is 2. The molecule has 0 saturated heterocycles. The molecule has 0 saturated carbocycles. The summed E-state index contributed by atoms with van der Waals surface area (Å²) >= 11 is 5.70. The predicted octanol–water partition coefficient (Wildman–Crippen LogP) is 3.41. The third kappa shape index (κ3) is 4.26. The molecule has 0 heterocycles. The number of ether oxygens (including phenoxy) is 1. The molecule has 1 N–H and O–H groups in total. The summed E-state index contributed by atoms with van der Waals surface area (Å²) in [7, 11) is 0. The first kappa shape index (κ1) is 15.9. The minimum Gasteiger partial charge on any atom is -0.452 e. The molecule has 0 radical (unpaired) electrons. The summed E-state index contributed by atoms with van der Waals surface area (Å²) in [6.07, 6.45) is 0. The van der Waals surface area contributed by atoms with E-state index in [2.05, 4.69) is 5.32 Å². The molecule has 2 rings (SSSR count). The quantitative estimate of drug-likeness (QED) is 0.876. The minimum absolute atomic E-state index is 0.182. The van der Waals surface area contributed by atoms with Crippen molar-refractivity contribution < 1.29 is 23.1 Å². The molecule has 0 atom stereocenters. The summed E-state index contributed by atoms with van der Waals surface area (Å²) in [6.45, 7) is -0.555. The Hall–Kier alpha value is -2.47. The molecule has 0 aromatic heterocycles. The normalized spacial score (nSPS) is 10.1. The van der Waals surface area contributed by atoms with E-state index in [1.54, 1.807) is 24.3 Å². The Morgan fingerprint density at radius 2 is 1.73 bits per heavy atom. The van der Waals surface area contributed by atoms with Crippen LogP contribution in [0.4, 0.5) is 14.5 Å². The Labute approximate surface area is 129 Å². The van der Waals surface area contributed by atoms with Gasteiger partial charge in [0, 0.05) is 10.7 Å². The first-order valence-corrected chi connectivity index (χ1v) is 6.51. The molecule has 22 heavy (non-hydrogen) atoms. The largest absolute Gasteiger partial charge is 0.452 e. The Balaban J connectivity index is 1.88. The van der Waals surface area contributed by atoms with Crippen LogP contribution in [0.5, 0.6) is 0 Å². The second-order valence-corrected chi connectivity index (χ2v) is 4.70. The third-order valence-electron chi connectivity index (χ3n) is 2.62. The average Bonchev–Trinajstić information content (AvgIpc) is 2.50. The van der Waals surface area contributed by atoms with Gasteiger partial charge in [0.2, 0.25) is 0 Å². The lowest BCUT2D eigenvalue weighted by Gasteiger charge is -2.07. The second-order valence-electron chi connectivity index (χ2n) is 4.26. The monoisotopic (exact) mass is 325 g/mol. The lowest BCUT2D eigenvalue weighted by atomic mass is 10.2. The van der Waals surface area contributed by atoms with Crippen LogP contribution < -0.4 is 5.32 Å². The highest BCUT2D eigenvalue weighted by atomic mass is 35.5. The number of rotatable bonds is 4. The van der Waals surface area contributed by atoms with Crippen LogP contribution in [-0.2, 0) is 9.53 Å². The molecule has 0 aliphatic heterocycles. The first-order chi connectivity index (χ1) is 10.5. The summed E-state index contributed by atoms with van der Waals surface area (Å²) in [5, 5.41) is 3.00. The van der Waals surface area contributed by atoms with Crippen molar-refractivity contribution in [3.63, 3.8) is 0 Å². The zero-order valence-corrected chi connectivity index (χ0v) is 11.9. The van der Waals surface area contributed by atoms with Crippen LogP contribution in [0, 0.1) is 11.6 Å². The fraction of sp³-hybridized carbons (Fsp3) is 0.0667. The van der Waals surface area contributed by atoms with Gasteiger partial charge in [0.1, 0.15) is 0 Å². The molecule has 0 unspecified atom stereocenters. The van der Waals surface area contributed by atoms with Crippen molar-refractivity contribution in [2.24, 2.45) is 0 Å². The molecule has 0 spiro atoms. The molecule has 4 nitrogen and oxygen atoms in total. The van der Waals surface area contributed by atoms with Crippen LogP contribution in [-0.4, -0.2) is 18.5 Å². The van der Waals surface area contributed by atoms with E-state index in [1.807, 2.05) is 0 Å². The summed E-state index contributed by atoms with van der Waals surface area (Å²) in [5.74, 6) is -3.74. The van der Waals surface area contributed by atoms with Crippen molar-refractivity contribution in [1.29, 1.82) is 0 Å². The van der Waals surface area contributed by atoms with Gasteiger partial charge in [-0.15, -0.1) is 0 Å². The Bertz CT molecular complexity index is 704. The van der Waals surface area contributed by atoms with Crippen LogP contribution >= 0.6 is 11.6 Å². The number of amides is 1. The molecular weight excluding hydrogens is 316 g/mol. The van der Waals surface area contributed by atoms with E-state index in [0.29, 0.717) is 16.8 Å². The SMILES string of the molecule is O=C(COC(=O)c1ccc(F)c(F)c1)Nc1ccc(Cl)cc1. The minimum atomic E-state index is -1.17. The van der Waals surface area contributed by atoms with Crippen LogP contribution in [0.1, 0.15) is 10.4 Å². The van der Waals surface area contributed by atoms with Gasteiger partial charge in [-0.25, -0.2) is 13.6 Å². The number of nitrogens with one attached hydrogen (secondary N) is 1. The molecule has 0 bridgehead atoms. The molecule has 114 valence electrons. The van der Waals surface area contributed by atoms with E-state index >= 15 is 0 Å². The molecule has 7 heteroatoms. The fourth-order valence-corrected chi connectivity index (χ4v) is 1.69. The molecular formula is C15H10ClF2NO3. The van der Waals surface area contributed by atoms with E-state index in [4.69, 9.17) is 16.3 Å². The topological polar surface area (TPSA) is 55.4 Å². The van der Waals surface area contributed by atoms with E-state index in [-0.39, 0.29) is 5.56 Å². The number of halogens is 3. The van der Waals surface area contributed by atoms with E-state index in [0.717, 1.165) is 12.1 Å². The summed E-state index contributed by atoms with van der Waals surface area (Å²) < 4.78 is 30.4. The number of esters is 1. The van der Waals surface area contributed by atoms with Crippen LogP contribution in [0.2, 0.25) is 5.02 Å². The van der Waals surface area contributed by atoms with Gasteiger partial charge in [0.15, 0.2) is 18.2 Å². The van der Waals surface area contributed by atoms with Crippen molar-refractivity contribution in [3.05, 3.63) is 64.7 Å². The number of hydrogen-bond donors (Lipinski definition) is 1. The van der Waals surface area contributed by atoms with E-state index < -0.39 is 30.1 Å². The van der Waals surface area contributed by atoms with E-state index in [1.165, 1.54) is 0 Å². The Morgan fingerprint density at radius 1 is 1.05 bits per heavy atom. The zero-order valence-electron chi connectivity index (χ0n) is 11.1. The summed E-state index contributed by atoms with van der Waals surface area (Å²) in [6, 6.07) is 8.91. The van der Waals surface area contributed by atoms with Gasteiger partial charge < -0.3 is 10.1 Å². The average molecular weight is 326 g/mol. The lowest BCUT2D eigenvalue weighted by molar-refractivity contribution is -0.119. The highest BCUT2D eigenvalue weighted by Gasteiger charge is 2.13. The summed E-state index contributed by atoms with van der Waals surface area (Å²) in [4.78, 5) is 23.2. The molecule has 0 aliphatic rings. The predicted molar refractivity (Wildman–Crippen MR) is 76.7 cm³/mol. The van der Waals surface area contributed by atoms with Crippen LogP contribution in [0.15, 0.2) is 42.5 Å². The highest BCUT2D eigenvalue weighted by Crippen LogP contribution is 2.13. The lowest BCUT2D eigenvalue weighted by Crippen LogP contribution is -2.21. The highest BCUT2D eigenvalue weighted by molar-refractivity contribution is 6.30. The standard InChI is InChI=1S/C15H10ClF2NO3/c16-10-2-4-11(5-3-10)19-14(20)8-22-15(21)9-1-6-12(17)13(18)7-9/h1-7H,8H2,(H,19,20). The van der Waals surface area contributed by atoms with Crippen LogP contribution in [0.25, 0.3) is 0 Å². The Kier molecular flexibility index (Phi) is 5.06. The van der Waals surface area contributed by atoms with E-state index in [9.17, 15) is 18.4 Å². The number of carbonyl (C=O) groups is 2. The van der Waals surface area contributed by atoms with Gasteiger partial charge in [-0.1, -0.05) is 11.6 Å². The maximum absolute atomic E-state index is 13.0. The Morgan fingerprint density at radius 3 is 2.36 bits per heavy atom. The van der Waals surface area contributed by atoms with Crippen LogP contribution in [0.3, 0.4) is 0 Å². The molecule has 0 aliphatic carbocycles. The molecule has 0 fully saturated rings. The molecule has 1 amide bonds. The number of anilines is 1. The molecule has 2 aromatic carbocycles. The van der Waals surface area contributed by atoms with Crippen molar-refractivity contribution in [1.82, 2.24) is 0 Å². The van der Waals surface area contributed by atoms with Gasteiger partial charge in [0.05, 0.1) is 5.56 Å². The maximum Gasteiger partial charge on any atom is 0.338 e. The van der Waals surface area contributed by atoms with Gasteiger partial charge in [0.25, 0.3) is 5.91 Å². The number of benzene rings is 2. The fourth-order valence-electron chi connectivity index (χ4n) is 1.57. The van der Waals surface area contributed by atoms with Crippen molar-refractivity contribution in [3.8, 4) is 0 Å². The molecule has 2 aromatic rings. The van der Waals surface area contributed by atoms with Crippen molar-refractivity contribution in [2.45, 2.75) is 0 Å². The first-order valence-electron chi connectivity index (χ1n) is 6.13. The van der Waals surface area contributed by atoms with Crippen molar-refractivity contribution in [2.75, 3.05) is 11.9 Å².